The zero-order chi connectivity index (χ0) is 15.2. The van der Waals surface area contributed by atoms with E-state index < -0.39 is 6.10 Å². The molecule has 0 spiro atoms. The molecule has 2 aromatic rings. The molecule has 2 rings (SSSR count). The Labute approximate surface area is 129 Å². The minimum Gasteiger partial charge on any atom is -0.481 e. The van der Waals surface area contributed by atoms with E-state index in [2.05, 4.69) is 10.3 Å². The minimum atomic E-state index is -0.571. The molecule has 1 heterocycles. The Kier molecular flexibility index (Phi) is 5.17. The van der Waals surface area contributed by atoms with E-state index >= 15 is 0 Å². The molecular formula is C16H18ClN2O2+. The molecule has 2 N–H and O–H groups in total. The van der Waals surface area contributed by atoms with Gasteiger partial charge in [0.05, 0.1) is 0 Å². The molecule has 0 bridgehead atoms. The van der Waals surface area contributed by atoms with E-state index in [0.29, 0.717) is 17.3 Å². The molecular weight excluding hydrogens is 288 g/mol. The van der Waals surface area contributed by atoms with Gasteiger partial charge in [0, 0.05) is 23.2 Å². The van der Waals surface area contributed by atoms with E-state index in [9.17, 15) is 4.79 Å². The van der Waals surface area contributed by atoms with Gasteiger partial charge in [0.1, 0.15) is 5.75 Å². The van der Waals surface area contributed by atoms with Crippen LogP contribution < -0.4 is 15.0 Å². The van der Waals surface area contributed by atoms with Gasteiger partial charge in [-0.1, -0.05) is 11.6 Å². The normalized spacial score (nSPS) is 11.8. The summed E-state index contributed by atoms with van der Waals surface area (Å²) in [6.45, 7) is 4.08. The van der Waals surface area contributed by atoms with Crippen LogP contribution in [0.1, 0.15) is 18.1 Å². The van der Waals surface area contributed by atoms with E-state index in [-0.39, 0.29) is 5.91 Å². The lowest BCUT2D eigenvalue weighted by molar-refractivity contribution is -0.378. The summed E-state index contributed by atoms with van der Waals surface area (Å²) in [5.74, 6) is 0.471. The molecule has 21 heavy (non-hydrogen) atoms. The van der Waals surface area contributed by atoms with E-state index in [4.69, 9.17) is 16.3 Å². The van der Waals surface area contributed by atoms with Crippen molar-refractivity contribution in [3.63, 3.8) is 0 Å². The average molecular weight is 306 g/mol. The lowest BCUT2D eigenvalue weighted by atomic mass is 10.2. The molecule has 0 aliphatic rings. The topological polar surface area (TPSA) is 52.5 Å². The first-order chi connectivity index (χ1) is 10.1. The number of pyridine rings is 1. The van der Waals surface area contributed by atoms with Crippen LogP contribution >= 0.6 is 11.6 Å². The van der Waals surface area contributed by atoms with Crippen LogP contribution in [0.15, 0.2) is 42.7 Å². The zero-order valence-corrected chi connectivity index (χ0v) is 12.8. The fourth-order valence-electron chi connectivity index (χ4n) is 1.82. The first-order valence-corrected chi connectivity index (χ1v) is 7.09. The second-order valence-corrected chi connectivity index (χ2v) is 5.21. The Morgan fingerprint density at radius 2 is 2.24 bits per heavy atom. The van der Waals surface area contributed by atoms with E-state index in [1.54, 1.807) is 19.1 Å². The largest absolute Gasteiger partial charge is 0.481 e. The molecule has 110 valence electrons. The summed E-state index contributed by atoms with van der Waals surface area (Å²) in [7, 11) is 0. The summed E-state index contributed by atoms with van der Waals surface area (Å²) in [5, 5.41) is 3.52. The number of rotatable bonds is 5. The summed E-state index contributed by atoms with van der Waals surface area (Å²) in [6, 6.07) is 9.16. The predicted octanol–water partition coefficient (Wildman–Crippen LogP) is 2.55. The standard InChI is InChI=1S/C16H17ClN2O2/c1-11-8-14(5-6-15(11)17)21-12(2)16(20)19-10-13-4-3-7-18-9-13/h3-9,12H,10H2,1-2H3,(H,19,20)/p+1. The van der Waals surface area contributed by atoms with Crippen LogP contribution in [-0.2, 0) is 11.3 Å². The smallest absolute Gasteiger partial charge is 0.261 e. The van der Waals surface area contributed by atoms with Crippen LogP contribution in [0.5, 0.6) is 5.75 Å². The summed E-state index contributed by atoms with van der Waals surface area (Å²) in [5.41, 5.74) is 1.92. The fourth-order valence-corrected chi connectivity index (χ4v) is 1.94. The van der Waals surface area contributed by atoms with Gasteiger partial charge in [0.15, 0.2) is 18.5 Å². The highest BCUT2D eigenvalue weighted by atomic mass is 35.5. The Morgan fingerprint density at radius 3 is 2.90 bits per heavy atom. The summed E-state index contributed by atoms with van der Waals surface area (Å²) in [4.78, 5) is 15.0. The number of benzene rings is 1. The van der Waals surface area contributed by atoms with Gasteiger partial charge in [0.2, 0.25) is 0 Å². The second kappa shape index (κ2) is 7.09. The minimum absolute atomic E-state index is 0.161. The molecule has 0 aliphatic carbocycles. The van der Waals surface area contributed by atoms with Crippen LogP contribution in [-0.4, -0.2) is 12.0 Å². The van der Waals surface area contributed by atoms with E-state index in [1.807, 2.05) is 37.5 Å². The Bertz CT molecular complexity index is 617. The van der Waals surface area contributed by atoms with Crippen molar-refractivity contribution in [2.75, 3.05) is 0 Å². The molecule has 0 saturated heterocycles. The third-order valence-electron chi connectivity index (χ3n) is 3.05. The molecule has 0 fully saturated rings. The van der Waals surface area contributed by atoms with Gasteiger partial charge >= 0.3 is 0 Å². The molecule has 1 aromatic carbocycles. The maximum Gasteiger partial charge on any atom is 0.261 e. The van der Waals surface area contributed by atoms with Crippen molar-refractivity contribution >= 4 is 17.5 Å². The maximum absolute atomic E-state index is 12.0. The monoisotopic (exact) mass is 305 g/mol. The highest BCUT2D eigenvalue weighted by Crippen LogP contribution is 2.21. The third-order valence-corrected chi connectivity index (χ3v) is 3.47. The molecule has 4 nitrogen and oxygen atoms in total. The van der Waals surface area contributed by atoms with Gasteiger partial charge in [-0.15, -0.1) is 0 Å². The van der Waals surface area contributed by atoms with Gasteiger partial charge in [-0.05, 0) is 43.7 Å². The summed E-state index contributed by atoms with van der Waals surface area (Å²) < 4.78 is 5.62. The fraction of sp³-hybridized carbons (Fsp3) is 0.250. The maximum atomic E-state index is 12.0. The van der Waals surface area contributed by atoms with Crippen molar-refractivity contribution in [2.24, 2.45) is 0 Å². The number of amides is 1. The molecule has 1 aromatic heterocycles. The molecule has 1 amide bonds. The number of carbonyl (C=O) groups excluding carboxylic acids is 1. The quantitative estimate of drug-likeness (QED) is 0.923. The van der Waals surface area contributed by atoms with Crippen LogP contribution in [0.2, 0.25) is 5.02 Å². The van der Waals surface area contributed by atoms with Gasteiger partial charge < -0.3 is 10.1 Å². The van der Waals surface area contributed by atoms with Gasteiger partial charge in [-0.25, -0.2) is 4.98 Å². The zero-order valence-electron chi connectivity index (χ0n) is 12.0. The molecule has 0 saturated carbocycles. The molecule has 1 atom stereocenters. The number of ether oxygens (including phenoxy) is 1. The van der Waals surface area contributed by atoms with Crippen molar-refractivity contribution in [3.8, 4) is 5.75 Å². The summed E-state index contributed by atoms with van der Waals surface area (Å²) >= 11 is 5.96. The lowest BCUT2D eigenvalue weighted by Crippen LogP contribution is -2.36. The molecule has 0 aliphatic heterocycles. The highest BCUT2D eigenvalue weighted by Gasteiger charge is 2.14. The molecule has 1 unspecified atom stereocenters. The Morgan fingerprint density at radius 1 is 1.43 bits per heavy atom. The lowest BCUT2D eigenvalue weighted by Gasteiger charge is -2.15. The van der Waals surface area contributed by atoms with Crippen LogP contribution in [0, 0.1) is 6.92 Å². The summed E-state index contributed by atoms with van der Waals surface area (Å²) in [6.07, 6.45) is 3.09. The first-order valence-electron chi connectivity index (χ1n) is 6.72. The third kappa shape index (κ3) is 4.46. The number of aromatic amines is 1. The SMILES string of the molecule is Cc1cc(OC(C)C(=O)NCc2ccc[nH+]c2)ccc1Cl. The van der Waals surface area contributed by atoms with Crippen molar-refractivity contribution in [1.29, 1.82) is 0 Å². The van der Waals surface area contributed by atoms with Crippen LogP contribution in [0.25, 0.3) is 0 Å². The van der Waals surface area contributed by atoms with Gasteiger partial charge in [0.25, 0.3) is 5.91 Å². The van der Waals surface area contributed by atoms with E-state index in [0.717, 1.165) is 11.1 Å². The number of aromatic nitrogens is 1. The molecule has 0 radical (unpaired) electrons. The highest BCUT2D eigenvalue weighted by molar-refractivity contribution is 6.31. The van der Waals surface area contributed by atoms with E-state index in [1.165, 1.54) is 0 Å². The average Bonchev–Trinajstić information content (AvgIpc) is 2.49. The first kappa shape index (κ1) is 15.3. The Balaban J connectivity index is 1.88. The van der Waals surface area contributed by atoms with Gasteiger partial charge in [-0.3, -0.25) is 4.79 Å². The number of carbonyl (C=O) groups is 1. The predicted molar refractivity (Wildman–Crippen MR) is 81.1 cm³/mol. The van der Waals surface area contributed by atoms with Crippen molar-refractivity contribution in [1.82, 2.24) is 5.32 Å². The Hall–Kier alpha value is -2.07. The number of hydrogen-bond donors (Lipinski definition) is 1. The van der Waals surface area contributed by atoms with Crippen molar-refractivity contribution < 1.29 is 14.5 Å². The molecule has 5 heteroatoms. The van der Waals surface area contributed by atoms with Crippen LogP contribution in [0.4, 0.5) is 0 Å². The number of H-pyrrole nitrogens is 1. The number of hydrogen-bond acceptors (Lipinski definition) is 2. The van der Waals surface area contributed by atoms with Crippen molar-refractivity contribution in [2.45, 2.75) is 26.5 Å². The van der Waals surface area contributed by atoms with Crippen LogP contribution in [0.3, 0.4) is 0 Å². The second-order valence-electron chi connectivity index (χ2n) is 4.80. The van der Waals surface area contributed by atoms with Gasteiger partial charge in [-0.2, -0.15) is 0 Å². The number of halogens is 1. The number of nitrogens with one attached hydrogen (secondary N) is 2. The number of aryl methyl sites for hydroxylation is 1. The van der Waals surface area contributed by atoms with Crippen molar-refractivity contribution in [3.05, 3.63) is 58.9 Å².